The maximum absolute atomic E-state index is 11.9. The van der Waals surface area contributed by atoms with Crippen LogP contribution in [0.3, 0.4) is 0 Å². The number of esters is 1. The van der Waals surface area contributed by atoms with Crippen molar-refractivity contribution in [1.29, 1.82) is 0 Å². The number of hydrogen-bond donors (Lipinski definition) is 1. The van der Waals surface area contributed by atoms with Crippen molar-refractivity contribution in [2.45, 2.75) is 6.23 Å². The summed E-state index contributed by atoms with van der Waals surface area (Å²) in [4.78, 5) is 28.8. The first-order valence-corrected chi connectivity index (χ1v) is 6.55. The van der Waals surface area contributed by atoms with Gasteiger partial charge in [-0.3, -0.25) is 0 Å². The van der Waals surface area contributed by atoms with Crippen molar-refractivity contribution < 1.29 is 14.3 Å². The first-order valence-electron chi connectivity index (χ1n) is 5.72. The maximum Gasteiger partial charge on any atom is 0.358 e. The second-order valence-electron chi connectivity index (χ2n) is 3.89. The fourth-order valence-electron chi connectivity index (χ4n) is 1.76. The third-order valence-electron chi connectivity index (χ3n) is 2.65. The van der Waals surface area contributed by atoms with Gasteiger partial charge >= 0.3 is 12.0 Å². The van der Waals surface area contributed by atoms with E-state index in [1.165, 1.54) is 11.1 Å². The third-order valence-corrected chi connectivity index (χ3v) is 3.14. The average molecular weight is 291 g/mol. The Bertz CT molecular complexity index is 618. The number of hydrogen-bond acceptors (Lipinski definition) is 7. The van der Waals surface area contributed by atoms with Gasteiger partial charge < -0.3 is 10.1 Å². The van der Waals surface area contributed by atoms with Crippen LogP contribution < -0.4 is 10.2 Å². The lowest BCUT2D eigenvalue weighted by Gasteiger charge is -2.19. The number of urea groups is 1. The zero-order valence-electron chi connectivity index (χ0n) is 10.1. The first kappa shape index (κ1) is 12.5. The highest BCUT2D eigenvalue weighted by Crippen LogP contribution is 2.20. The number of amides is 2. The van der Waals surface area contributed by atoms with Gasteiger partial charge in [0, 0.05) is 6.20 Å². The molecule has 0 aromatic carbocycles. The highest BCUT2D eigenvalue weighted by molar-refractivity contribution is 7.03. The number of ether oxygens (including phenoxy) is 1. The van der Waals surface area contributed by atoms with Gasteiger partial charge in [-0.1, -0.05) is 10.6 Å². The molecule has 102 valence electrons. The van der Waals surface area contributed by atoms with Gasteiger partial charge in [0.1, 0.15) is 5.69 Å². The molecule has 9 heteroatoms. The van der Waals surface area contributed by atoms with Crippen LogP contribution in [0.25, 0.3) is 0 Å². The zero-order valence-corrected chi connectivity index (χ0v) is 10.9. The molecule has 0 bridgehead atoms. The number of pyridine rings is 1. The molecule has 3 heterocycles. The summed E-state index contributed by atoms with van der Waals surface area (Å²) in [6.45, 7) is 0.189. The second kappa shape index (κ2) is 5.21. The summed E-state index contributed by atoms with van der Waals surface area (Å²) in [6, 6.07) is 4.55. The van der Waals surface area contributed by atoms with Gasteiger partial charge in [0.2, 0.25) is 6.23 Å². The Morgan fingerprint density at radius 3 is 3.10 bits per heavy atom. The van der Waals surface area contributed by atoms with Crippen LogP contribution in [0.15, 0.2) is 29.8 Å². The van der Waals surface area contributed by atoms with E-state index in [9.17, 15) is 9.59 Å². The van der Waals surface area contributed by atoms with E-state index in [0.717, 1.165) is 11.5 Å². The minimum absolute atomic E-state index is 0.184. The number of nitrogens with zero attached hydrogens (tertiary/aromatic N) is 4. The van der Waals surface area contributed by atoms with Gasteiger partial charge in [-0.15, -0.1) is 5.10 Å². The summed E-state index contributed by atoms with van der Waals surface area (Å²) in [5, 5.41) is 8.00. The molecule has 2 aromatic rings. The van der Waals surface area contributed by atoms with Crippen molar-refractivity contribution in [1.82, 2.24) is 19.9 Å². The minimum atomic E-state index is -0.763. The molecule has 1 atom stereocenters. The largest absolute Gasteiger partial charge is 0.434 e. The molecule has 2 aromatic heterocycles. The maximum atomic E-state index is 11.9. The van der Waals surface area contributed by atoms with Crippen LogP contribution in [0.2, 0.25) is 0 Å². The van der Waals surface area contributed by atoms with Crippen LogP contribution >= 0.6 is 11.5 Å². The van der Waals surface area contributed by atoms with E-state index < -0.39 is 12.2 Å². The minimum Gasteiger partial charge on any atom is -0.434 e. The first-order chi connectivity index (χ1) is 9.75. The third kappa shape index (κ3) is 2.30. The molecule has 2 amide bonds. The van der Waals surface area contributed by atoms with Gasteiger partial charge in [-0.05, 0) is 23.7 Å². The molecule has 0 saturated carbocycles. The standard InChI is InChI=1S/C11H9N5O3S/c17-10(7-3-1-2-4-12-7)19-9-5-13-11(18)16(9)8-6-20-15-14-8/h1-4,6,9H,5H2,(H,13,18). The van der Waals surface area contributed by atoms with Gasteiger partial charge in [0.15, 0.2) is 5.82 Å². The summed E-state index contributed by atoms with van der Waals surface area (Å²) in [5.41, 5.74) is 0.184. The average Bonchev–Trinajstić information content (AvgIpc) is 3.10. The fourth-order valence-corrected chi connectivity index (χ4v) is 2.19. The molecular weight excluding hydrogens is 282 g/mol. The van der Waals surface area contributed by atoms with Gasteiger partial charge in [0.25, 0.3) is 0 Å². The number of nitrogens with one attached hydrogen (secondary N) is 1. The molecule has 1 fully saturated rings. The van der Waals surface area contributed by atoms with E-state index in [0.29, 0.717) is 5.82 Å². The molecule has 0 spiro atoms. The Balaban J connectivity index is 1.77. The van der Waals surface area contributed by atoms with Crippen LogP contribution in [0.4, 0.5) is 10.6 Å². The molecule has 0 aliphatic carbocycles. The molecule has 8 nitrogen and oxygen atoms in total. The lowest BCUT2D eigenvalue weighted by atomic mass is 10.3. The van der Waals surface area contributed by atoms with Crippen LogP contribution in [-0.2, 0) is 4.74 Å². The van der Waals surface area contributed by atoms with Crippen molar-refractivity contribution in [3.63, 3.8) is 0 Å². The highest BCUT2D eigenvalue weighted by atomic mass is 32.1. The zero-order chi connectivity index (χ0) is 13.9. The Kier molecular flexibility index (Phi) is 3.25. The normalized spacial score (nSPS) is 17.9. The number of aromatic nitrogens is 3. The number of anilines is 1. The van der Waals surface area contributed by atoms with Crippen LogP contribution in [0.1, 0.15) is 10.5 Å². The van der Waals surface area contributed by atoms with Crippen LogP contribution in [0, 0.1) is 0 Å². The molecule has 3 rings (SSSR count). The Labute approximate surface area is 117 Å². The Morgan fingerprint density at radius 2 is 2.40 bits per heavy atom. The molecule has 1 N–H and O–H groups in total. The van der Waals surface area contributed by atoms with Gasteiger partial charge in [0.05, 0.1) is 11.9 Å². The molecule has 1 aliphatic rings. The summed E-state index contributed by atoms with van der Waals surface area (Å²) in [5.74, 6) is -0.246. The fraction of sp³-hybridized carbons (Fsp3) is 0.182. The van der Waals surface area contributed by atoms with E-state index in [1.807, 2.05) is 0 Å². The predicted octanol–water partition coefficient (Wildman–Crippen LogP) is 0.646. The number of rotatable bonds is 3. The number of carbonyl (C=O) groups is 2. The molecule has 1 saturated heterocycles. The summed E-state index contributed by atoms with van der Waals surface area (Å²) in [6.07, 6.45) is 0.734. The predicted molar refractivity (Wildman–Crippen MR) is 69.2 cm³/mol. The van der Waals surface area contributed by atoms with E-state index in [1.54, 1.807) is 23.6 Å². The van der Waals surface area contributed by atoms with Crippen molar-refractivity contribution in [2.75, 3.05) is 11.4 Å². The monoisotopic (exact) mass is 291 g/mol. The number of carbonyl (C=O) groups excluding carboxylic acids is 2. The quantitative estimate of drug-likeness (QED) is 0.834. The lowest BCUT2D eigenvalue weighted by molar-refractivity contribution is 0.0345. The topological polar surface area (TPSA) is 97.3 Å². The summed E-state index contributed by atoms with van der Waals surface area (Å²) >= 11 is 1.11. The summed E-state index contributed by atoms with van der Waals surface area (Å²) < 4.78 is 8.97. The SMILES string of the molecule is O=C(OC1CNC(=O)N1c1csnn1)c1ccccn1. The van der Waals surface area contributed by atoms with Crippen molar-refractivity contribution >= 4 is 29.4 Å². The van der Waals surface area contributed by atoms with E-state index in [-0.39, 0.29) is 18.3 Å². The molecule has 1 aliphatic heterocycles. The lowest BCUT2D eigenvalue weighted by Crippen LogP contribution is -2.37. The van der Waals surface area contributed by atoms with E-state index in [2.05, 4.69) is 19.9 Å². The molecule has 0 radical (unpaired) electrons. The van der Waals surface area contributed by atoms with Crippen LogP contribution in [0.5, 0.6) is 0 Å². The molecule has 20 heavy (non-hydrogen) atoms. The Hall–Kier alpha value is -2.55. The van der Waals surface area contributed by atoms with E-state index >= 15 is 0 Å². The van der Waals surface area contributed by atoms with Crippen molar-refractivity contribution in [3.8, 4) is 0 Å². The molecule has 1 unspecified atom stereocenters. The van der Waals surface area contributed by atoms with Crippen LogP contribution in [-0.4, -0.2) is 39.3 Å². The van der Waals surface area contributed by atoms with Gasteiger partial charge in [-0.2, -0.15) is 0 Å². The second-order valence-corrected chi connectivity index (χ2v) is 4.50. The Morgan fingerprint density at radius 1 is 1.50 bits per heavy atom. The van der Waals surface area contributed by atoms with Crippen molar-refractivity contribution in [3.05, 3.63) is 35.5 Å². The highest BCUT2D eigenvalue weighted by Gasteiger charge is 2.36. The summed E-state index contributed by atoms with van der Waals surface area (Å²) in [7, 11) is 0. The van der Waals surface area contributed by atoms with Gasteiger partial charge in [-0.25, -0.2) is 19.5 Å². The molecular formula is C11H9N5O3S. The van der Waals surface area contributed by atoms with E-state index in [4.69, 9.17) is 4.74 Å². The van der Waals surface area contributed by atoms with Crippen molar-refractivity contribution in [2.24, 2.45) is 0 Å². The smallest absolute Gasteiger partial charge is 0.358 e.